The zero-order valence-corrected chi connectivity index (χ0v) is 11.6. The molecule has 1 aromatic carbocycles. The Hall–Kier alpha value is -0.930. The van der Waals surface area contributed by atoms with E-state index in [1.807, 2.05) is 26.1 Å². The van der Waals surface area contributed by atoms with Crippen molar-refractivity contribution in [1.29, 1.82) is 0 Å². The molecule has 0 atom stereocenters. The third-order valence-corrected chi connectivity index (χ3v) is 3.79. The quantitative estimate of drug-likeness (QED) is 0.835. The highest BCUT2D eigenvalue weighted by atomic mass is 19.1. The van der Waals surface area contributed by atoms with Crippen LogP contribution >= 0.6 is 0 Å². The zero-order valence-electron chi connectivity index (χ0n) is 11.6. The van der Waals surface area contributed by atoms with Crippen LogP contribution in [0.25, 0.3) is 0 Å². The topological polar surface area (TPSA) is 15.3 Å². The van der Waals surface area contributed by atoms with Crippen molar-refractivity contribution < 1.29 is 4.39 Å². The molecular weight excluding hydrogens is 227 g/mol. The first-order valence-corrected chi connectivity index (χ1v) is 6.63. The van der Waals surface area contributed by atoms with E-state index in [2.05, 4.69) is 17.3 Å². The Kier molecular flexibility index (Phi) is 4.03. The Morgan fingerprint density at radius 3 is 2.67 bits per heavy atom. The van der Waals surface area contributed by atoms with Crippen LogP contribution in [0.4, 0.5) is 4.39 Å². The first-order chi connectivity index (χ1) is 8.54. The lowest BCUT2D eigenvalue weighted by molar-refractivity contribution is 0.252. The molecule has 0 saturated heterocycles. The van der Waals surface area contributed by atoms with Crippen LogP contribution in [0, 0.1) is 18.2 Å². The molecule has 0 radical (unpaired) electrons. The standard InChI is InChI=1S/C15H23FN2/c1-12-8-13(4-5-14(12)16)9-18(3)11-15(6-7-15)10-17-2/h4-5,8,17H,6-7,9-11H2,1-3H3. The third kappa shape index (κ3) is 3.30. The largest absolute Gasteiger partial charge is 0.319 e. The fraction of sp³-hybridized carbons (Fsp3) is 0.600. The minimum atomic E-state index is -0.116. The van der Waals surface area contributed by atoms with Gasteiger partial charge in [0.2, 0.25) is 0 Å². The van der Waals surface area contributed by atoms with Gasteiger partial charge in [0.05, 0.1) is 0 Å². The van der Waals surface area contributed by atoms with Gasteiger partial charge < -0.3 is 10.2 Å². The first kappa shape index (κ1) is 13.5. The van der Waals surface area contributed by atoms with Gasteiger partial charge in [0, 0.05) is 19.6 Å². The summed E-state index contributed by atoms with van der Waals surface area (Å²) >= 11 is 0. The number of halogens is 1. The number of hydrogen-bond acceptors (Lipinski definition) is 2. The van der Waals surface area contributed by atoms with E-state index >= 15 is 0 Å². The van der Waals surface area contributed by atoms with E-state index < -0.39 is 0 Å². The van der Waals surface area contributed by atoms with Crippen LogP contribution in [0.15, 0.2) is 18.2 Å². The van der Waals surface area contributed by atoms with E-state index in [0.717, 1.165) is 25.2 Å². The summed E-state index contributed by atoms with van der Waals surface area (Å²) < 4.78 is 13.2. The second-order valence-corrected chi connectivity index (χ2v) is 5.79. The van der Waals surface area contributed by atoms with Crippen molar-refractivity contribution in [2.24, 2.45) is 5.41 Å². The molecule has 1 fully saturated rings. The van der Waals surface area contributed by atoms with Crippen LogP contribution in [0.5, 0.6) is 0 Å². The van der Waals surface area contributed by atoms with Crippen LogP contribution in [-0.2, 0) is 6.54 Å². The fourth-order valence-electron chi connectivity index (χ4n) is 2.69. The molecule has 0 bridgehead atoms. The van der Waals surface area contributed by atoms with Crippen molar-refractivity contribution in [3.8, 4) is 0 Å². The molecule has 1 N–H and O–H groups in total. The monoisotopic (exact) mass is 250 g/mol. The number of nitrogens with one attached hydrogen (secondary N) is 1. The second kappa shape index (κ2) is 5.37. The molecule has 0 heterocycles. The van der Waals surface area contributed by atoms with Crippen molar-refractivity contribution >= 4 is 0 Å². The molecule has 0 amide bonds. The van der Waals surface area contributed by atoms with Crippen molar-refractivity contribution in [2.45, 2.75) is 26.3 Å². The molecule has 100 valence electrons. The molecule has 0 aliphatic heterocycles. The highest BCUT2D eigenvalue weighted by Gasteiger charge is 2.42. The van der Waals surface area contributed by atoms with Crippen molar-refractivity contribution in [1.82, 2.24) is 10.2 Å². The van der Waals surface area contributed by atoms with Crippen LogP contribution in [0.2, 0.25) is 0 Å². The molecule has 1 aliphatic rings. The van der Waals surface area contributed by atoms with E-state index in [9.17, 15) is 4.39 Å². The molecule has 0 aromatic heterocycles. The number of rotatable bonds is 6. The lowest BCUT2D eigenvalue weighted by Gasteiger charge is -2.23. The van der Waals surface area contributed by atoms with E-state index in [0.29, 0.717) is 5.41 Å². The number of aryl methyl sites for hydroxylation is 1. The average Bonchev–Trinajstić information content (AvgIpc) is 3.03. The molecule has 18 heavy (non-hydrogen) atoms. The van der Waals surface area contributed by atoms with Gasteiger partial charge in [0.15, 0.2) is 0 Å². The summed E-state index contributed by atoms with van der Waals surface area (Å²) in [5.74, 6) is -0.116. The lowest BCUT2D eigenvalue weighted by atomic mass is 10.1. The Balaban J connectivity index is 1.91. The molecule has 1 aromatic rings. The SMILES string of the molecule is CNCC1(CN(C)Cc2ccc(F)c(C)c2)CC1. The van der Waals surface area contributed by atoms with Crippen LogP contribution in [0.1, 0.15) is 24.0 Å². The third-order valence-electron chi connectivity index (χ3n) is 3.79. The van der Waals surface area contributed by atoms with Crippen molar-refractivity contribution in [2.75, 3.05) is 27.2 Å². The molecule has 1 aliphatic carbocycles. The minimum Gasteiger partial charge on any atom is -0.319 e. The number of benzene rings is 1. The highest BCUT2D eigenvalue weighted by molar-refractivity contribution is 5.23. The maximum absolute atomic E-state index is 13.2. The summed E-state index contributed by atoms with van der Waals surface area (Å²) in [6, 6.07) is 5.40. The summed E-state index contributed by atoms with van der Waals surface area (Å²) in [7, 11) is 4.16. The van der Waals surface area contributed by atoms with Gasteiger partial charge in [-0.15, -0.1) is 0 Å². The van der Waals surface area contributed by atoms with Crippen molar-refractivity contribution in [3.63, 3.8) is 0 Å². The maximum Gasteiger partial charge on any atom is 0.126 e. The smallest absolute Gasteiger partial charge is 0.126 e. The fourth-order valence-corrected chi connectivity index (χ4v) is 2.69. The average molecular weight is 250 g/mol. The molecule has 0 unspecified atom stereocenters. The van der Waals surface area contributed by atoms with Gasteiger partial charge in [-0.2, -0.15) is 0 Å². The predicted octanol–water partition coefficient (Wildman–Crippen LogP) is 2.57. The Morgan fingerprint density at radius 2 is 2.11 bits per heavy atom. The van der Waals surface area contributed by atoms with Gasteiger partial charge in [0.25, 0.3) is 0 Å². The summed E-state index contributed by atoms with van der Waals surface area (Å²) in [6.45, 7) is 4.93. The maximum atomic E-state index is 13.2. The Morgan fingerprint density at radius 1 is 1.39 bits per heavy atom. The molecular formula is C15H23FN2. The summed E-state index contributed by atoms with van der Waals surface area (Å²) in [5, 5.41) is 3.28. The first-order valence-electron chi connectivity index (χ1n) is 6.63. The number of hydrogen-bond donors (Lipinski definition) is 1. The molecule has 3 heteroatoms. The molecule has 2 rings (SSSR count). The highest BCUT2D eigenvalue weighted by Crippen LogP contribution is 2.45. The minimum absolute atomic E-state index is 0.116. The predicted molar refractivity (Wildman–Crippen MR) is 73.1 cm³/mol. The van der Waals surface area contributed by atoms with E-state index in [1.54, 1.807) is 6.07 Å². The van der Waals surface area contributed by atoms with Gasteiger partial charge in [-0.3, -0.25) is 0 Å². The van der Waals surface area contributed by atoms with Crippen LogP contribution < -0.4 is 5.32 Å². The van der Waals surface area contributed by atoms with Gasteiger partial charge in [0.1, 0.15) is 5.82 Å². The van der Waals surface area contributed by atoms with E-state index in [1.165, 1.54) is 18.4 Å². The zero-order chi connectivity index (χ0) is 13.2. The summed E-state index contributed by atoms with van der Waals surface area (Å²) in [6.07, 6.45) is 2.64. The molecule has 1 saturated carbocycles. The normalized spacial score (nSPS) is 17.2. The van der Waals surface area contributed by atoms with Gasteiger partial charge >= 0.3 is 0 Å². The molecule has 2 nitrogen and oxygen atoms in total. The van der Waals surface area contributed by atoms with Gasteiger partial charge in [-0.05, 0) is 56.5 Å². The van der Waals surface area contributed by atoms with Crippen LogP contribution in [0.3, 0.4) is 0 Å². The van der Waals surface area contributed by atoms with Gasteiger partial charge in [-0.1, -0.05) is 12.1 Å². The molecule has 0 spiro atoms. The summed E-state index contributed by atoms with van der Waals surface area (Å²) in [4.78, 5) is 2.34. The van der Waals surface area contributed by atoms with Crippen LogP contribution in [-0.4, -0.2) is 32.1 Å². The second-order valence-electron chi connectivity index (χ2n) is 5.79. The van der Waals surface area contributed by atoms with E-state index in [-0.39, 0.29) is 5.82 Å². The lowest BCUT2D eigenvalue weighted by Crippen LogP contribution is -2.32. The Bertz CT molecular complexity index is 413. The number of nitrogens with zero attached hydrogens (tertiary/aromatic N) is 1. The van der Waals surface area contributed by atoms with E-state index in [4.69, 9.17) is 0 Å². The van der Waals surface area contributed by atoms with Gasteiger partial charge in [-0.25, -0.2) is 4.39 Å². The van der Waals surface area contributed by atoms with Crippen molar-refractivity contribution in [3.05, 3.63) is 35.1 Å². The summed E-state index contributed by atoms with van der Waals surface area (Å²) in [5.41, 5.74) is 2.41. The Labute approximate surface area is 109 Å².